The predicted octanol–water partition coefficient (Wildman–Crippen LogP) is -0.444. The summed E-state index contributed by atoms with van der Waals surface area (Å²) in [4.78, 5) is 21.2. The summed E-state index contributed by atoms with van der Waals surface area (Å²) in [5, 5.41) is 2.53. The molecular formula is C8H15N3O2. The van der Waals surface area contributed by atoms with E-state index in [1.165, 1.54) is 0 Å². The lowest BCUT2D eigenvalue weighted by Crippen LogP contribution is -2.33. The molecule has 0 radical (unpaired) electrons. The number of hydrogen-bond acceptors (Lipinski definition) is 2. The summed E-state index contributed by atoms with van der Waals surface area (Å²) in [7, 11) is 0. The Morgan fingerprint density at radius 1 is 1.31 bits per heavy atom. The minimum atomic E-state index is -0.512. The van der Waals surface area contributed by atoms with Crippen LogP contribution in [-0.2, 0) is 4.79 Å². The molecule has 3 amide bonds. The van der Waals surface area contributed by atoms with E-state index < -0.39 is 6.03 Å². The third-order valence-electron chi connectivity index (χ3n) is 2.51. The van der Waals surface area contributed by atoms with Gasteiger partial charge in [-0.05, 0) is 25.2 Å². The van der Waals surface area contributed by atoms with E-state index in [9.17, 15) is 9.59 Å². The fourth-order valence-corrected chi connectivity index (χ4v) is 1.76. The minimum Gasteiger partial charge on any atom is -0.369 e. The Morgan fingerprint density at radius 2 is 2.00 bits per heavy atom. The smallest absolute Gasteiger partial charge is 0.312 e. The molecule has 5 heteroatoms. The fourth-order valence-electron chi connectivity index (χ4n) is 1.76. The maximum Gasteiger partial charge on any atom is 0.312 e. The van der Waals surface area contributed by atoms with Crippen molar-refractivity contribution in [1.29, 1.82) is 0 Å². The van der Waals surface area contributed by atoms with Crippen molar-refractivity contribution in [2.45, 2.75) is 19.3 Å². The number of carbonyl (C=O) groups is 2. The molecule has 0 bridgehead atoms. The minimum absolute atomic E-state index is 0.0142. The van der Waals surface area contributed by atoms with Gasteiger partial charge in [0.1, 0.15) is 0 Å². The molecule has 1 rings (SSSR count). The number of urea groups is 1. The van der Waals surface area contributed by atoms with Gasteiger partial charge in [-0.25, -0.2) is 4.79 Å². The highest BCUT2D eigenvalue weighted by Crippen LogP contribution is 2.29. The molecule has 0 heterocycles. The van der Waals surface area contributed by atoms with Crippen molar-refractivity contribution in [2.75, 3.05) is 6.54 Å². The Labute approximate surface area is 76.8 Å². The molecule has 5 nitrogen and oxygen atoms in total. The molecule has 0 saturated heterocycles. The van der Waals surface area contributed by atoms with Crippen molar-refractivity contribution in [1.82, 2.24) is 5.32 Å². The zero-order valence-corrected chi connectivity index (χ0v) is 7.45. The average Bonchev–Trinajstić information content (AvgIpc) is 2.48. The highest BCUT2D eigenvalue weighted by atomic mass is 16.2. The first-order valence-corrected chi connectivity index (χ1v) is 4.42. The van der Waals surface area contributed by atoms with Crippen molar-refractivity contribution < 1.29 is 9.59 Å². The van der Waals surface area contributed by atoms with E-state index in [1.807, 2.05) is 0 Å². The maximum absolute atomic E-state index is 10.8. The molecule has 13 heavy (non-hydrogen) atoms. The molecule has 5 N–H and O–H groups in total. The summed E-state index contributed by atoms with van der Waals surface area (Å²) >= 11 is 0. The van der Waals surface area contributed by atoms with E-state index in [-0.39, 0.29) is 11.8 Å². The van der Waals surface area contributed by atoms with Gasteiger partial charge in [0.05, 0.1) is 0 Å². The third-order valence-corrected chi connectivity index (χ3v) is 2.51. The van der Waals surface area contributed by atoms with Gasteiger partial charge in [-0.1, -0.05) is 0 Å². The lowest BCUT2D eigenvalue weighted by molar-refractivity contribution is -0.121. The number of primary amides is 2. The molecule has 74 valence electrons. The summed E-state index contributed by atoms with van der Waals surface area (Å²) in [6, 6.07) is -0.512. The molecule has 1 fully saturated rings. The molecule has 2 atom stereocenters. The summed E-state index contributed by atoms with van der Waals surface area (Å²) in [5.41, 5.74) is 10.1. The van der Waals surface area contributed by atoms with Gasteiger partial charge in [-0.2, -0.15) is 0 Å². The largest absolute Gasteiger partial charge is 0.369 e. The van der Waals surface area contributed by atoms with Crippen molar-refractivity contribution in [3.63, 3.8) is 0 Å². The van der Waals surface area contributed by atoms with Crippen LogP contribution in [0.25, 0.3) is 0 Å². The lowest BCUT2D eigenvalue weighted by atomic mass is 10.0. The topological polar surface area (TPSA) is 98.2 Å². The maximum atomic E-state index is 10.8. The lowest BCUT2D eigenvalue weighted by Gasteiger charge is -2.09. The summed E-state index contributed by atoms with van der Waals surface area (Å²) in [6.45, 7) is 0.555. The van der Waals surface area contributed by atoms with E-state index in [0.717, 1.165) is 19.3 Å². The van der Waals surface area contributed by atoms with E-state index in [2.05, 4.69) is 5.32 Å². The molecule has 0 aromatic carbocycles. The second-order valence-corrected chi connectivity index (χ2v) is 3.52. The van der Waals surface area contributed by atoms with Gasteiger partial charge in [0.2, 0.25) is 5.91 Å². The van der Waals surface area contributed by atoms with Gasteiger partial charge in [-0.15, -0.1) is 0 Å². The zero-order valence-electron chi connectivity index (χ0n) is 7.45. The van der Waals surface area contributed by atoms with E-state index >= 15 is 0 Å². The molecule has 0 aromatic heterocycles. The summed E-state index contributed by atoms with van der Waals surface area (Å²) in [6.07, 6.45) is 2.55. The monoisotopic (exact) mass is 185 g/mol. The van der Waals surface area contributed by atoms with E-state index in [0.29, 0.717) is 12.5 Å². The van der Waals surface area contributed by atoms with E-state index in [4.69, 9.17) is 11.5 Å². The van der Waals surface area contributed by atoms with Crippen molar-refractivity contribution in [2.24, 2.45) is 23.3 Å². The highest BCUT2D eigenvalue weighted by Gasteiger charge is 2.28. The van der Waals surface area contributed by atoms with Gasteiger partial charge in [0, 0.05) is 12.5 Å². The predicted molar refractivity (Wildman–Crippen MR) is 47.6 cm³/mol. The Kier molecular flexibility index (Phi) is 3.11. The van der Waals surface area contributed by atoms with Crippen LogP contribution in [0, 0.1) is 11.8 Å². The standard InChI is InChI=1S/C8H15N3O2/c9-7(12)6-2-1-5(3-6)4-11-8(10)13/h5-6H,1-4H2,(H2,9,12)(H3,10,11,13). The fraction of sp³-hybridized carbons (Fsp3) is 0.750. The second kappa shape index (κ2) is 4.11. The van der Waals surface area contributed by atoms with Crippen LogP contribution in [0.4, 0.5) is 4.79 Å². The zero-order chi connectivity index (χ0) is 9.84. The van der Waals surface area contributed by atoms with Crippen LogP contribution >= 0.6 is 0 Å². The number of carbonyl (C=O) groups excluding carboxylic acids is 2. The molecule has 0 spiro atoms. The second-order valence-electron chi connectivity index (χ2n) is 3.52. The first kappa shape index (κ1) is 9.83. The third kappa shape index (κ3) is 2.93. The number of rotatable bonds is 3. The Balaban J connectivity index is 2.25. The van der Waals surface area contributed by atoms with Gasteiger partial charge in [-0.3, -0.25) is 4.79 Å². The molecule has 0 aromatic rings. The number of hydrogen-bond donors (Lipinski definition) is 3. The van der Waals surface area contributed by atoms with Gasteiger partial charge < -0.3 is 16.8 Å². The molecule has 1 aliphatic rings. The number of amides is 3. The van der Waals surface area contributed by atoms with Gasteiger partial charge in [0.15, 0.2) is 0 Å². The Bertz CT molecular complexity index is 217. The first-order valence-electron chi connectivity index (χ1n) is 4.42. The average molecular weight is 185 g/mol. The number of nitrogens with one attached hydrogen (secondary N) is 1. The molecule has 0 aliphatic heterocycles. The van der Waals surface area contributed by atoms with Crippen molar-refractivity contribution in [3.05, 3.63) is 0 Å². The Hall–Kier alpha value is -1.26. The number of nitrogens with two attached hydrogens (primary N) is 2. The van der Waals surface area contributed by atoms with Crippen molar-refractivity contribution in [3.8, 4) is 0 Å². The van der Waals surface area contributed by atoms with Gasteiger partial charge >= 0.3 is 6.03 Å². The van der Waals surface area contributed by atoms with E-state index in [1.54, 1.807) is 0 Å². The summed E-state index contributed by atoms with van der Waals surface area (Å²) < 4.78 is 0. The first-order chi connectivity index (χ1) is 6.09. The highest BCUT2D eigenvalue weighted by molar-refractivity contribution is 5.77. The SMILES string of the molecule is NC(=O)NCC1CCC(C(N)=O)C1. The normalized spacial score (nSPS) is 27.1. The Morgan fingerprint density at radius 3 is 2.46 bits per heavy atom. The molecule has 2 unspecified atom stereocenters. The molecule has 1 saturated carbocycles. The van der Waals surface area contributed by atoms with Crippen LogP contribution in [0.5, 0.6) is 0 Å². The van der Waals surface area contributed by atoms with Crippen LogP contribution in [0.1, 0.15) is 19.3 Å². The van der Waals surface area contributed by atoms with Crippen LogP contribution in [0.2, 0.25) is 0 Å². The van der Waals surface area contributed by atoms with Gasteiger partial charge in [0.25, 0.3) is 0 Å². The van der Waals surface area contributed by atoms with Crippen molar-refractivity contribution >= 4 is 11.9 Å². The van der Waals surface area contributed by atoms with Crippen LogP contribution < -0.4 is 16.8 Å². The van der Waals surface area contributed by atoms with Crippen LogP contribution in [0.3, 0.4) is 0 Å². The quantitative estimate of drug-likeness (QED) is 0.555. The molecular weight excluding hydrogens is 170 g/mol. The molecule has 1 aliphatic carbocycles. The summed E-state index contributed by atoms with van der Waals surface area (Å²) in [5.74, 6) is 0.103. The van der Waals surface area contributed by atoms with Crippen LogP contribution in [0.15, 0.2) is 0 Å². The van der Waals surface area contributed by atoms with Crippen LogP contribution in [-0.4, -0.2) is 18.5 Å².